The van der Waals surface area contributed by atoms with Crippen molar-refractivity contribution in [3.05, 3.63) is 118 Å². The summed E-state index contributed by atoms with van der Waals surface area (Å²) in [6.07, 6.45) is 6.17. The fourth-order valence-corrected chi connectivity index (χ4v) is 7.22. The highest BCUT2D eigenvalue weighted by molar-refractivity contribution is 5.92. The number of para-hydroxylation sites is 1. The second-order valence-corrected chi connectivity index (χ2v) is 11.9. The molecule has 1 amide bonds. The third kappa shape index (κ3) is 5.22. The SMILES string of the molecule is CCc1c(C)nc2c(Cc3ccc([C@@H](C(=O)N[C@@H](CO)c4ccccc4)C4CCCC4)cc3)c3ccccc3n2c1C. The van der Waals surface area contributed by atoms with Crippen LogP contribution < -0.4 is 5.32 Å². The topological polar surface area (TPSA) is 66.6 Å². The van der Waals surface area contributed by atoms with E-state index in [4.69, 9.17) is 4.98 Å². The number of aliphatic hydroxyl groups excluding tert-OH is 1. The van der Waals surface area contributed by atoms with E-state index in [1.807, 2.05) is 30.3 Å². The van der Waals surface area contributed by atoms with Crippen LogP contribution in [-0.4, -0.2) is 27.0 Å². The zero-order chi connectivity index (χ0) is 29.2. The Morgan fingerprint density at radius 1 is 0.929 bits per heavy atom. The van der Waals surface area contributed by atoms with Gasteiger partial charge in [-0.15, -0.1) is 0 Å². The van der Waals surface area contributed by atoms with E-state index in [0.29, 0.717) is 5.92 Å². The fourth-order valence-electron chi connectivity index (χ4n) is 7.22. The summed E-state index contributed by atoms with van der Waals surface area (Å²) in [4.78, 5) is 18.9. The predicted octanol–water partition coefficient (Wildman–Crippen LogP) is 7.38. The van der Waals surface area contributed by atoms with Crippen LogP contribution in [0.1, 0.15) is 83.8 Å². The number of hydrogen-bond acceptors (Lipinski definition) is 3. The number of benzene rings is 3. The summed E-state index contributed by atoms with van der Waals surface area (Å²) < 4.78 is 2.33. The molecule has 42 heavy (non-hydrogen) atoms. The molecule has 3 aromatic carbocycles. The Balaban J connectivity index is 1.32. The van der Waals surface area contributed by atoms with Crippen LogP contribution in [0.3, 0.4) is 0 Å². The smallest absolute Gasteiger partial charge is 0.228 e. The van der Waals surface area contributed by atoms with Crippen LogP contribution >= 0.6 is 0 Å². The van der Waals surface area contributed by atoms with Crippen molar-refractivity contribution in [2.24, 2.45) is 5.92 Å². The van der Waals surface area contributed by atoms with Crippen molar-refractivity contribution < 1.29 is 9.90 Å². The van der Waals surface area contributed by atoms with Crippen molar-refractivity contribution in [2.75, 3.05) is 6.61 Å². The summed E-state index contributed by atoms with van der Waals surface area (Å²) in [6.45, 7) is 6.40. The maximum atomic E-state index is 13.8. The molecule has 5 heteroatoms. The third-order valence-electron chi connectivity index (χ3n) is 9.36. The largest absolute Gasteiger partial charge is 0.394 e. The number of nitrogens with zero attached hydrogens (tertiary/aromatic N) is 2. The lowest BCUT2D eigenvalue weighted by molar-refractivity contribution is -0.124. The van der Waals surface area contributed by atoms with E-state index in [0.717, 1.165) is 61.0 Å². The number of aliphatic hydroxyl groups is 1. The van der Waals surface area contributed by atoms with E-state index in [1.165, 1.54) is 33.3 Å². The molecule has 5 aromatic rings. The third-order valence-corrected chi connectivity index (χ3v) is 9.36. The molecule has 5 nitrogen and oxygen atoms in total. The number of nitrogens with one attached hydrogen (secondary N) is 1. The lowest BCUT2D eigenvalue weighted by atomic mass is 9.83. The minimum Gasteiger partial charge on any atom is -0.394 e. The quantitative estimate of drug-likeness (QED) is 0.198. The summed E-state index contributed by atoms with van der Waals surface area (Å²) in [6, 6.07) is 26.6. The predicted molar refractivity (Wildman–Crippen MR) is 170 cm³/mol. The summed E-state index contributed by atoms with van der Waals surface area (Å²) in [5, 5.41) is 14.5. The Labute approximate surface area is 248 Å². The molecule has 0 unspecified atom stereocenters. The molecule has 0 aliphatic heterocycles. The van der Waals surface area contributed by atoms with Gasteiger partial charge in [-0.3, -0.25) is 9.20 Å². The zero-order valence-electron chi connectivity index (χ0n) is 24.9. The molecule has 2 heterocycles. The number of hydrogen-bond donors (Lipinski definition) is 2. The van der Waals surface area contributed by atoms with Crippen LogP contribution in [0.15, 0.2) is 78.9 Å². The van der Waals surface area contributed by atoms with Gasteiger partial charge in [0.05, 0.1) is 24.1 Å². The van der Waals surface area contributed by atoms with Gasteiger partial charge in [-0.05, 0) is 67.3 Å². The highest BCUT2D eigenvalue weighted by atomic mass is 16.3. The van der Waals surface area contributed by atoms with E-state index < -0.39 is 6.04 Å². The maximum absolute atomic E-state index is 13.8. The number of fused-ring (bicyclic) bond motifs is 3. The molecule has 0 saturated heterocycles. The van der Waals surface area contributed by atoms with Gasteiger partial charge in [0, 0.05) is 28.8 Å². The molecule has 1 aliphatic rings. The number of aromatic nitrogens is 2. The number of carbonyl (C=O) groups excluding carboxylic acids is 1. The first-order chi connectivity index (χ1) is 20.5. The molecule has 216 valence electrons. The van der Waals surface area contributed by atoms with Crippen LogP contribution in [0.4, 0.5) is 0 Å². The minimum absolute atomic E-state index is 0.00357. The Hall–Kier alpha value is -3.96. The molecule has 2 aromatic heterocycles. The average molecular weight is 560 g/mol. The fraction of sp³-hybridized carbons (Fsp3) is 0.351. The van der Waals surface area contributed by atoms with Crippen LogP contribution in [0.2, 0.25) is 0 Å². The Morgan fingerprint density at radius 3 is 2.31 bits per heavy atom. The van der Waals surface area contributed by atoms with Gasteiger partial charge in [0.1, 0.15) is 5.65 Å². The van der Waals surface area contributed by atoms with Gasteiger partial charge in [0.15, 0.2) is 0 Å². The van der Waals surface area contributed by atoms with Crippen molar-refractivity contribution in [3.63, 3.8) is 0 Å². The van der Waals surface area contributed by atoms with Crippen LogP contribution in [0.25, 0.3) is 16.6 Å². The summed E-state index contributed by atoms with van der Waals surface area (Å²) in [5.74, 6) is 0.0898. The zero-order valence-corrected chi connectivity index (χ0v) is 24.9. The second kappa shape index (κ2) is 12.1. The van der Waals surface area contributed by atoms with E-state index in [9.17, 15) is 9.90 Å². The Kier molecular flexibility index (Phi) is 8.12. The molecular weight excluding hydrogens is 518 g/mol. The number of carbonyl (C=O) groups is 1. The summed E-state index contributed by atoms with van der Waals surface area (Å²) >= 11 is 0. The lowest BCUT2D eigenvalue weighted by Crippen LogP contribution is -2.37. The van der Waals surface area contributed by atoms with E-state index in [2.05, 4.69) is 79.0 Å². The molecule has 2 N–H and O–H groups in total. The summed E-state index contributed by atoms with van der Waals surface area (Å²) in [7, 11) is 0. The number of aryl methyl sites for hydroxylation is 2. The molecule has 2 atom stereocenters. The van der Waals surface area contributed by atoms with Crippen LogP contribution in [0, 0.1) is 19.8 Å². The first kappa shape index (κ1) is 28.2. The number of amides is 1. The second-order valence-electron chi connectivity index (χ2n) is 11.9. The molecule has 1 fully saturated rings. The van der Waals surface area contributed by atoms with Crippen molar-refractivity contribution >= 4 is 22.5 Å². The van der Waals surface area contributed by atoms with E-state index >= 15 is 0 Å². The molecule has 6 rings (SSSR count). The first-order valence-electron chi connectivity index (χ1n) is 15.4. The van der Waals surface area contributed by atoms with Gasteiger partial charge in [-0.25, -0.2) is 4.98 Å². The summed E-state index contributed by atoms with van der Waals surface area (Å²) in [5.41, 5.74) is 10.3. The van der Waals surface area contributed by atoms with Crippen LogP contribution in [0.5, 0.6) is 0 Å². The van der Waals surface area contributed by atoms with Crippen molar-refractivity contribution in [1.29, 1.82) is 0 Å². The minimum atomic E-state index is -0.411. The van der Waals surface area contributed by atoms with Crippen molar-refractivity contribution in [3.8, 4) is 0 Å². The Bertz CT molecular complexity index is 1700. The van der Waals surface area contributed by atoms with Gasteiger partial charge in [0.25, 0.3) is 0 Å². The normalized spacial score (nSPS) is 15.3. The van der Waals surface area contributed by atoms with E-state index in [1.54, 1.807) is 0 Å². The van der Waals surface area contributed by atoms with Gasteiger partial charge in [0.2, 0.25) is 5.91 Å². The highest BCUT2D eigenvalue weighted by Crippen LogP contribution is 2.38. The molecule has 1 saturated carbocycles. The molecule has 0 bridgehead atoms. The van der Waals surface area contributed by atoms with Crippen LogP contribution in [-0.2, 0) is 17.6 Å². The Morgan fingerprint density at radius 2 is 1.62 bits per heavy atom. The maximum Gasteiger partial charge on any atom is 0.228 e. The van der Waals surface area contributed by atoms with Crippen molar-refractivity contribution in [1.82, 2.24) is 14.7 Å². The lowest BCUT2D eigenvalue weighted by Gasteiger charge is -2.26. The van der Waals surface area contributed by atoms with Gasteiger partial charge in [-0.2, -0.15) is 0 Å². The first-order valence-corrected chi connectivity index (χ1v) is 15.4. The molecule has 0 spiro atoms. The average Bonchev–Trinajstić information content (AvgIpc) is 3.64. The van der Waals surface area contributed by atoms with Gasteiger partial charge < -0.3 is 10.4 Å². The van der Waals surface area contributed by atoms with E-state index in [-0.39, 0.29) is 18.4 Å². The van der Waals surface area contributed by atoms with Gasteiger partial charge in [-0.1, -0.05) is 92.6 Å². The monoisotopic (exact) mass is 559 g/mol. The molecule has 0 radical (unpaired) electrons. The molecule has 1 aliphatic carbocycles. The van der Waals surface area contributed by atoms with Crippen molar-refractivity contribution in [2.45, 2.75) is 71.3 Å². The molecular formula is C37H41N3O2. The number of rotatable bonds is 9. The highest BCUT2D eigenvalue weighted by Gasteiger charge is 2.33. The standard InChI is InChI=1S/C37H41N3O2/c1-4-30-24(2)38-36-32(31-16-10-11-17-34(31)40(36)25(30)3)22-26-18-20-29(21-19-26)35(28-14-8-9-15-28)37(42)39-33(23-41)27-12-6-5-7-13-27/h5-7,10-13,16-21,28,33,35,41H,4,8-9,14-15,22-23H2,1-3H3,(H,39,42)/t33-,35-/m0/s1. The van der Waals surface area contributed by atoms with Gasteiger partial charge >= 0.3 is 0 Å².